The Kier molecular flexibility index (Phi) is 6.23. The largest absolute Gasteiger partial charge is 0.351 e. The summed E-state index contributed by atoms with van der Waals surface area (Å²) in [4.78, 5) is 34.1. The van der Waals surface area contributed by atoms with Gasteiger partial charge in [0.15, 0.2) is 0 Å². The molecule has 0 rings (SSSR count). The fraction of sp³-hybridized carbons (Fsp3) is 0.727. The van der Waals surface area contributed by atoms with Crippen molar-refractivity contribution in [1.29, 1.82) is 0 Å². The average Bonchev–Trinajstić information content (AvgIpc) is 2.16. The zero-order chi connectivity index (χ0) is 13.6. The standard InChI is InChI=1S/C11H21N3O3/c1-4-8(6-5-7(2)3)9(15)14(10(12)16)11(13)17/h7-8H,4-6H2,1-3H3,(H2,12,16)(H2,13,17). The van der Waals surface area contributed by atoms with Gasteiger partial charge in [-0.2, -0.15) is 4.90 Å². The van der Waals surface area contributed by atoms with E-state index in [2.05, 4.69) is 0 Å². The molecule has 0 saturated carbocycles. The Bertz CT molecular complexity index is 288. The van der Waals surface area contributed by atoms with Crippen LogP contribution in [0.2, 0.25) is 0 Å². The van der Waals surface area contributed by atoms with Crippen LogP contribution < -0.4 is 11.5 Å². The van der Waals surface area contributed by atoms with E-state index in [1.165, 1.54) is 0 Å². The lowest BCUT2D eigenvalue weighted by Crippen LogP contribution is -2.50. The van der Waals surface area contributed by atoms with E-state index in [0.29, 0.717) is 23.7 Å². The van der Waals surface area contributed by atoms with E-state index in [1.807, 2.05) is 20.8 Å². The molecule has 0 radical (unpaired) electrons. The van der Waals surface area contributed by atoms with Gasteiger partial charge in [0, 0.05) is 5.92 Å². The molecule has 1 atom stereocenters. The molecule has 0 heterocycles. The van der Waals surface area contributed by atoms with Crippen LogP contribution in [0.25, 0.3) is 0 Å². The predicted molar refractivity (Wildman–Crippen MR) is 63.9 cm³/mol. The Hall–Kier alpha value is -1.59. The normalized spacial score (nSPS) is 12.2. The third-order valence-corrected chi connectivity index (χ3v) is 2.60. The molecule has 0 bridgehead atoms. The van der Waals surface area contributed by atoms with Crippen molar-refractivity contribution in [2.75, 3.05) is 0 Å². The zero-order valence-corrected chi connectivity index (χ0v) is 10.6. The lowest BCUT2D eigenvalue weighted by Gasteiger charge is -2.21. The number of hydrogen-bond donors (Lipinski definition) is 2. The van der Waals surface area contributed by atoms with Crippen molar-refractivity contribution in [1.82, 2.24) is 4.90 Å². The van der Waals surface area contributed by atoms with Crippen LogP contribution in [0.5, 0.6) is 0 Å². The second kappa shape index (κ2) is 6.88. The number of urea groups is 2. The Balaban J connectivity index is 4.70. The monoisotopic (exact) mass is 243 g/mol. The molecule has 0 aliphatic heterocycles. The van der Waals surface area contributed by atoms with Crippen LogP contribution in [0.3, 0.4) is 0 Å². The summed E-state index contributed by atoms with van der Waals surface area (Å²) in [5.74, 6) is -0.544. The van der Waals surface area contributed by atoms with Crippen LogP contribution in [0.1, 0.15) is 40.0 Å². The molecule has 6 nitrogen and oxygen atoms in total. The number of imide groups is 3. The third kappa shape index (κ3) is 4.84. The first kappa shape index (κ1) is 15.4. The highest BCUT2D eigenvalue weighted by atomic mass is 16.2. The Morgan fingerprint density at radius 3 is 1.82 bits per heavy atom. The maximum absolute atomic E-state index is 11.9. The lowest BCUT2D eigenvalue weighted by atomic mass is 9.94. The highest BCUT2D eigenvalue weighted by molar-refractivity contribution is 6.09. The zero-order valence-electron chi connectivity index (χ0n) is 10.6. The van der Waals surface area contributed by atoms with Gasteiger partial charge in [-0.3, -0.25) is 4.79 Å². The summed E-state index contributed by atoms with van der Waals surface area (Å²) in [6.07, 6.45) is 2.00. The van der Waals surface area contributed by atoms with E-state index >= 15 is 0 Å². The topological polar surface area (TPSA) is 106 Å². The number of primary amides is 2. The molecule has 6 heteroatoms. The predicted octanol–water partition coefficient (Wildman–Crippen LogP) is 1.43. The minimum atomic E-state index is -1.12. The third-order valence-electron chi connectivity index (χ3n) is 2.60. The number of carbonyl (C=O) groups excluding carboxylic acids is 3. The maximum atomic E-state index is 11.9. The minimum Gasteiger partial charge on any atom is -0.351 e. The molecule has 98 valence electrons. The summed E-state index contributed by atoms with van der Waals surface area (Å²) in [5, 5.41) is 0. The molecule has 0 aromatic heterocycles. The van der Waals surface area contributed by atoms with Crippen molar-refractivity contribution in [3.8, 4) is 0 Å². The van der Waals surface area contributed by atoms with Crippen LogP contribution in [-0.2, 0) is 4.79 Å². The second-order valence-electron chi connectivity index (χ2n) is 4.43. The minimum absolute atomic E-state index is 0.314. The van der Waals surface area contributed by atoms with Crippen molar-refractivity contribution in [3.63, 3.8) is 0 Å². The van der Waals surface area contributed by atoms with Gasteiger partial charge in [0.25, 0.3) is 0 Å². The van der Waals surface area contributed by atoms with E-state index in [1.54, 1.807) is 0 Å². The van der Waals surface area contributed by atoms with Crippen molar-refractivity contribution >= 4 is 18.0 Å². The summed E-state index contributed by atoms with van der Waals surface area (Å²) in [5.41, 5.74) is 9.90. The van der Waals surface area contributed by atoms with Crippen molar-refractivity contribution < 1.29 is 14.4 Å². The number of hydrogen-bond acceptors (Lipinski definition) is 3. The molecule has 4 N–H and O–H groups in total. The first-order valence-corrected chi connectivity index (χ1v) is 5.74. The molecule has 5 amide bonds. The van der Waals surface area contributed by atoms with E-state index in [9.17, 15) is 14.4 Å². The highest BCUT2D eigenvalue weighted by Crippen LogP contribution is 2.18. The number of rotatable bonds is 5. The van der Waals surface area contributed by atoms with Crippen molar-refractivity contribution in [3.05, 3.63) is 0 Å². The number of amides is 5. The Morgan fingerprint density at radius 1 is 1.06 bits per heavy atom. The first-order chi connectivity index (χ1) is 7.81. The maximum Gasteiger partial charge on any atom is 0.329 e. The number of nitrogens with zero attached hydrogens (tertiary/aromatic N) is 1. The van der Waals surface area contributed by atoms with Gasteiger partial charge in [0.1, 0.15) is 0 Å². The van der Waals surface area contributed by atoms with E-state index in [4.69, 9.17) is 11.5 Å². The molecule has 1 unspecified atom stereocenters. The summed E-state index contributed by atoms with van der Waals surface area (Å²) in [6, 6.07) is -2.24. The van der Waals surface area contributed by atoms with Gasteiger partial charge in [-0.1, -0.05) is 27.2 Å². The molecule has 0 aromatic carbocycles. The van der Waals surface area contributed by atoms with Gasteiger partial charge in [0.2, 0.25) is 5.91 Å². The number of nitrogens with two attached hydrogens (primary N) is 2. The van der Waals surface area contributed by atoms with Gasteiger partial charge < -0.3 is 11.5 Å². The lowest BCUT2D eigenvalue weighted by molar-refractivity contribution is -0.130. The van der Waals surface area contributed by atoms with Crippen molar-refractivity contribution in [2.24, 2.45) is 23.3 Å². The van der Waals surface area contributed by atoms with E-state index < -0.39 is 23.9 Å². The Morgan fingerprint density at radius 2 is 1.53 bits per heavy atom. The van der Waals surface area contributed by atoms with Crippen LogP contribution in [-0.4, -0.2) is 22.9 Å². The fourth-order valence-corrected chi connectivity index (χ4v) is 1.55. The summed E-state index contributed by atoms with van der Waals surface area (Å²) >= 11 is 0. The van der Waals surface area contributed by atoms with Gasteiger partial charge >= 0.3 is 12.1 Å². The number of carbonyl (C=O) groups is 3. The van der Waals surface area contributed by atoms with Crippen LogP contribution in [0.4, 0.5) is 9.59 Å². The quantitative estimate of drug-likeness (QED) is 0.762. The molecule has 0 aromatic rings. The first-order valence-electron chi connectivity index (χ1n) is 5.74. The second-order valence-corrected chi connectivity index (χ2v) is 4.43. The van der Waals surface area contributed by atoms with Gasteiger partial charge in [-0.05, 0) is 18.8 Å². The summed E-state index contributed by atoms with van der Waals surface area (Å²) in [7, 11) is 0. The fourth-order valence-electron chi connectivity index (χ4n) is 1.55. The Labute approximate surface area is 101 Å². The van der Waals surface area contributed by atoms with Gasteiger partial charge in [-0.15, -0.1) is 0 Å². The van der Waals surface area contributed by atoms with Crippen LogP contribution in [0, 0.1) is 11.8 Å². The molecule has 0 saturated heterocycles. The molecule has 0 spiro atoms. The van der Waals surface area contributed by atoms with E-state index in [0.717, 1.165) is 6.42 Å². The molecular weight excluding hydrogens is 222 g/mol. The van der Waals surface area contributed by atoms with Crippen LogP contribution in [0.15, 0.2) is 0 Å². The highest BCUT2D eigenvalue weighted by Gasteiger charge is 2.30. The SMILES string of the molecule is CCC(CCC(C)C)C(=O)N(C(N)=O)C(N)=O. The summed E-state index contributed by atoms with van der Waals surface area (Å²) in [6.45, 7) is 5.90. The smallest absolute Gasteiger partial charge is 0.329 e. The summed E-state index contributed by atoms with van der Waals surface area (Å²) < 4.78 is 0. The van der Waals surface area contributed by atoms with E-state index in [-0.39, 0.29) is 0 Å². The molecule has 0 aliphatic carbocycles. The molecule has 17 heavy (non-hydrogen) atoms. The molecular formula is C11H21N3O3. The van der Waals surface area contributed by atoms with Crippen LogP contribution >= 0.6 is 0 Å². The van der Waals surface area contributed by atoms with Gasteiger partial charge in [0.05, 0.1) is 0 Å². The van der Waals surface area contributed by atoms with Gasteiger partial charge in [-0.25, -0.2) is 9.59 Å². The molecule has 0 fully saturated rings. The molecule has 0 aliphatic rings. The van der Waals surface area contributed by atoms with Crippen molar-refractivity contribution in [2.45, 2.75) is 40.0 Å². The average molecular weight is 243 g/mol.